The molecule has 1 heterocycles. The predicted octanol–water partition coefficient (Wildman–Crippen LogP) is 2.41. The molecule has 0 saturated heterocycles. The molecule has 1 N–H and O–H groups in total. The Hall–Kier alpha value is -0.990. The smallest absolute Gasteiger partial charge is 0.148 e. The Labute approximate surface area is 80.1 Å². The van der Waals surface area contributed by atoms with E-state index in [2.05, 4.69) is 24.3 Å². The molecule has 13 heavy (non-hydrogen) atoms. The topological polar surface area (TPSA) is 29.9 Å². The van der Waals surface area contributed by atoms with Crippen molar-refractivity contribution in [1.29, 1.82) is 0 Å². The van der Waals surface area contributed by atoms with Crippen molar-refractivity contribution < 1.29 is 0 Å². The monoisotopic (exact) mass is 181 g/mol. The highest BCUT2D eigenvalue weighted by Crippen LogP contribution is 2.09. The van der Waals surface area contributed by atoms with E-state index < -0.39 is 0 Å². The van der Waals surface area contributed by atoms with Gasteiger partial charge >= 0.3 is 0 Å². The van der Waals surface area contributed by atoms with E-state index in [1.54, 1.807) is 0 Å². The van der Waals surface area contributed by atoms with E-state index in [-0.39, 0.29) is 0 Å². The van der Waals surface area contributed by atoms with Gasteiger partial charge in [0.15, 0.2) is 0 Å². The number of aryl methyl sites for hydroxylation is 1. The average molecular weight is 181 g/mol. The molecule has 1 rings (SSSR count). The third kappa shape index (κ3) is 3.09. The van der Waals surface area contributed by atoms with Crippen LogP contribution in [0.4, 0.5) is 5.82 Å². The minimum absolute atomic E-state index is 0.569. The second-order valence-corrected chi connectivity index (χ2v) is 3.41. The van der Waals surface area contributed by atoms with Crippen molar-refractivity contribution in [2.75, 3.05) is 5.32 Å². The second kappa shape index (κ2) is 4.90. The van der Waals surface area contributed by atoms with Gasteiger partial charge in [-0.25, -0.2) is 0 Å². The highest BCUT2D eigenvalue weighted by atomic mass is 15.3. The molecule has 1 aromatic rings. The number of aromatic nitrogens is 2. The molecular weight excluding hydrogens is 162 g/mol. The van der Waals surface area contributed by atoms with Crippen LogP contribution in [0.2, 0.25) is 0 Å². The van der Waals surface area contributed by atoms with Crippen molar-refractivity contribution in [2.45, 2.75) is 39.2 Å². The molecule has 3 nitrogen and oxygen atoms in total. The van der Waals surface area contributed by atoms with E-state index in [1.165, 1.54) is 12.8 Å². The number of nitrogens with zero attached hydrogens (tertiary/aromatic N) is 2. The summed E-state index contributed by atoms with van der Waals surface area (Å²) in [5, 5.41) is 7.70. The summed E-state index contributed by atoms with van der Waals surface area (Å²) in [4.78, 5) is 0. The first-order valence-corrected chi connectivity index (χ1v) is 5.02. The lowest BCUT2D eigenvalue weighted by atomic mass is 10.1. The van der Waals surface area contributed by atoms with Gasteiger partial charge in [-0.05, 0) is 12.8 Å². The average Bonchev–Trinajstić information content (AvgIpc) is 2.50. The Kier molecular flexibility index (Phi) is 3.80. The molecule has 74 valence electrons. The maximum absolute atomic E-state index is 4.29. The molecule has 0 aliphatic heterocycles. The van der Waals surface area contributed by atoms with E-state index in [0.29, 0.717) is 6.04 Å². The molecule has 0 amide bonds. The van der Waals surface area contributed by atoms with E-state index in [4.69, 9.17) is 0 Å². The van der Waals surface area contributed by atoms with Crippen LogP contribution < -0.4 is 5.32 Å². The van der Waals surface area contributed by atoms with E-state index in [0.717, 1.165) is 12.2 Å². The van der Waals surface area contributed by atoms with Crippen molar-refractivity contribution in [3.63, 3.8) is 0 Å². The maximum atomic E-state index is 4.29. The van der Waals surface area contributed by atoms with Gasteiger partial charge in [-0.3, -0.25) is 4.68 Å². The van der Waals surface area contributed by atoms with E-state index in [9.17, 15) is 0 Å². The van der Waals surface area contributed by atoms with Crippen LogP contribution in [0.25, 0.3) is 0 Å². The van der Waals surface area contributed by atoms with Crippen molar-refractivity contribution in [2.24, 2.45) is 7.05 Å². The zero-order chi connectivity index (χ0) is 9.68. The molecule has 0 spiro atoms. The lowest BCUT2D eigenvalue weighted by molar-refractivity contribution is 0.617. The first-order valence-electron chi connectivity index (χ1n) is 5.02. The Balaban J connectivity index is 2.46. The highest BCUT2D eigenvalue weighted by molar-refractivity contribution is 5.33. The second-order valence-electron chi connectivity index (χ2n) is 3.41. The molecule has 0 fully saturated rings. The molecule has 1 unspecified atom stereocenters. The van der Waals surface area contributed by atoms with Gasteiger partial charge in [0.2, 0.25) is 0 Å². The van der Waals surface area contributed by atoms with Crippen LogP contribution in [-0.4, -0.2) is 15.8 Å². The quantitative estimate of drug-likeness (QED) is 0.756. The third-order valence-corrected chi connectivity index (χ3v) is 2.20. The van der Waals surface area contributed by atoms with Crippen molar-refractivity contribution in [3.8, 4) is 0 Å². The fraction of sp³-hybridized carbons (Fsp3) is 0.700. The van der Waals surface area contributed by atoms with Crippen molar-refractivity contribution in [1.82, 2.24) is 9.78 Å². The van der Waals surface area contributed by atoms with Crippen LogP contribution in [0.15, 0.2) is 12.3 Å². The van der Waals surface area contributed by atoms with E-state index >= 15 is 0 Å². The summed E-state index contributed by atoms with van der Waals surface area (Å²) in [7, 11) is 1.94. The minimum Gasteiger partial charge on any atom is -0.366 e. The molecule has 0 saturated carbocycles. The summed E-state index contributed by atoms with van der Waals surface area (Å²) >= 11 is 0. The number of anilines is 1. The summed E-state index contributed by atoms with van der Waals surface area (Å²) < 4.78 is 1.82. The molecule has 3 heteroatoms. The van der Waals surface area contributed by atoms with Crippen LogP contribution in [0.1, 0.15) is 33.1 Å². The van der Waals surface area contributed by atoms with E-state index in [1.807, 2.05) is 24.0 Å². The Morgan fingerprint density at radius 2 is 2.31 bits per heavy atom. The molecular formula is C10H19N3. The predicted molar refractivity (Wildman–Crippen MR) is 55.8 cm³/mol. The van der Waals surface area contributed by atoms with Crippen LogP contribution in [-0.2, 0) is 7.05 Å². The van der Waals surface area contributed by atoms with Crippen LogP contribution in [0.3, 0.4) is 0 Å². The summed E-state index contributed by atoms with van der Waals surface area (Å²) in [6.07, 6.45) is 5.55. The number of rotatable bonds is 5. The summed E-state index contributed by atoms with van der Waals surface area (Å²) in [5.74, 6) is 0.989. The number of hydrogen-bond donors (Lipinski definition) is 1. The number of nitrogens with one attached hydrogen (secondary N) is 1. The lowest BCUT2D eigenvalue weighted by Gasteiger charge is -2.14. The normalized spacial score (nSPS) is 12.8. The Morgan fingerprint density at radius 1 is 1.54 bits per heavy atom. The third-order valence-electron chi connectivity index (χ3n) is 2.20. The largest absolute Gasteiger partial charge is 0.366 e. The molecule has 0 radical (unpaired) electrons. The summed E-state index contributed by atoms with van der Waals surface area (Å²) in [5.41, 5.74) is 0. The van der Waals surface area contributed by atoms with Gasteiger partial charge in [-0.1, -0.05) is 20.3 Å². The Bertz CT molecular complexity index is 242. The SMILES string of the molecule is CCCC(CC)Nc1ccn(C)n1. The van der Waals surface area contributed by atoms with Crippen LogP contribution >= 0.6 is 0 Å². The first-order chi connectivity index (χ1) is 6.26. The van der Waals surface area contributed by atoms with Gasteiger partial charge in [0.1, 0.15) is 5.82 Å². The fourth-order valence-electron chi connectivity index (χ4n) is 1.43. The highest BCUT2D eigenvalue weighted by Gasteiger charge is 2.05. The van der Waals surface area contributed by atoms with Gasteiger partial charge in [0, 0.05) is 25.4 Å². The summed E-state index contributed by atoms with van der Waals surface area (Å²) in [6, 6.07) is 2.58. The minimum atomic E-state index is 0.569. The van der Waals surface area contributed by atoms with Gasteiger partial charge in [0.05, 0.1) is 0 Å². The maximum Gasteiger partial charge on any atom is 0.148 e. The zero-order valence-corrected chi connectivity index (χ0v) is 8.75. The van der Waals surface area contributed by atoms with Crippen LogP contribution in [0, 0.1) is 0 Å². The fourth-order valence-corrected chi connectivity index (χ4v) is 1.43. The molecule has 1 atom stereocenters. The van der Waals surface area contributed by atoms with Gasteiger partial charge in [0.25, 0.3) is 0 Å². The summed E-state index contributed by atoms with van der Waals surface area (Å²) in [6.45, 7) is 4.42. The van der Waals surface area contributed by atoms with Crippen molar-refractivity contribution >= 4 is 5.82 Å². The van der Waals surface area contributed by atoms with Crippen LogP contribution in [0.5, 0.6) is 0 Å². The molecule has 0 aromatic carbocycles. The standard InChI is InChI=1S/C10H19N3/c1-4-6-9(5-2)11-10-7-8-13(3)12-10/h7-9H,4-6H2,1-3H3,(H,11,12). The molecule has 1 aromatic heterocycles. The van der Waals surface area contributed by atoms with Gasteiger partial charge in [-0.15, -0.1) is 0 Å². The number of hydrogen-bond acceptors (Lipinski definition) is 2. The zero-order valence-electron chi connectivity index (χ0n) is 8.75. The molecule has 0 bridgehead atoms. The lowest BCUT2D eigenvalue weighted by Crippen LogP contribution is -2.18. The molecule has 0 aliphatic carbocycles. The Morgan fingerprint density at radius 3 is 2.77 bits per heavy atom. The van der Waals surface area contributed by atoms with Gasteiger partial charge in [-0.2, -0.15) is 5.10 Å². The molecule has 0 aliphatic rings. The van der Waals surface area contributed by atoms with Gasteiger partial charge < -0.3 is 5.32 Å². The first kappa shape index (κ1) is 10.1. The van der Waals surface area contributed by atoms with Crippen molar-refractivity contribution in [3.05, 3.63) is 12.3 Å².